The number of phenolic OH excluding ortho intramolecular Hbond substituents is 1. The zero-order valence-electron chi connectivity index (χ0n) is 18.1. The van der Waals surface area contributed by atoms with Crippen LogP contribution in [0.1, 0.15) is 21.5 Å². The van der Waals surface area contributed by atoms with E-state index >= 15 is 0 Å². The normalized spacial score (nSPS) is 11.3. The van der Waals surface area contributed by atoms with Gasteiger partial charge in [0.2, 0.25) is 0 Å². The molecule has 0 spiro atoms. The number of aromatic hydroxyl groups is 1. The molecule has 0 radical (unpaired) electrons. The number of halogens is 1. The van der Waals surface area contributed by atoms with Gasteiger partial charge in [0.15, 0.2) is 0 Å². The molecule has 3 aromatic rings. The minimum atomic E-state index is -0.569. The van der Waals surface area contributed by atoms with Gasteiger partial charge in [-0.1, -0.05) is 30.3 Å². The van der Waals surface area contributed by atoms with Crippen molar-refractivity contribution in [3.63, 3.8) is 0 Å². The van der Waals surface area contributed by atoms with Gasteiger partial charge in [0.1, 0.15) is 11.4 Å². The third-order valence-electron chi connectivity index (χ3n) is 4.60. The molecule has 7 nitrogen and oxygen atoms in total. The SMILES string of the molecule is CN(C)c1ccc(C=C(NC(=O)c2ccccc2)C(=O)N/N=C/c2ccc(O)c(I)c2)cc1. The summed E-state index contributed by atoms with van der Waals surface area (Å²) >= 11 is 2.00. The summed E-state index contributed by atoms with van der Waals surface area (Å²) < 4.78 is 0.666. The zero-order valence-corrected chi connectivity index (χ0v) is 20.3. The number of hydrazone groups is 1. The fourth-order valence-corrected chi connectivity index (χ4v) is 3.35. The maximum absolute atomic E-state index is 12.8. The van der Waals surface area contributed by atoms with Gasteiger partial charge in [-0.2, -0.15) is 5.10 Å². The second kappa shape index (κ2) is 11.3. The Morgan fingerprint density at radius 1 is 0.970 bits per heavy atom. The lowest BCUT2D eigenvalue weighted by atomic mass is 10.1. The van der Waals surface area contributed by atoms with E-state index in [9.17, 15) is 14.7 Å². The van der Waals surface area contributed by atoms with E-state index in [1.54, 1.807) is 48.5 Å². The van der Waals surface area contributed by atoms with E-state index in [-0.39, 0.29) is 11.4 Å². The molecule has 0 atom stereocenters. The fraction of sp³-hybridized carbons (Fsp3) is 0.0800. The number of rotatable bonds is 7. The minimum absolute atomic E-state index is 0.0545. The summed E-state index contributed by atoms with van der Waals surface area (Å²) in [6.07, 6.45) is 3.05. The van der Waals surface area contributed by atoms with E-state index in [2.05, 4.69) is 15.8 Å². The lowest BCUT2D eigenvalue weighted by Crippen LogP contribution is -2.32. The molecule has 2 amide bonds. The number of hydrogen-bond acceptors (Lipinski definition) is 5. The monoisotopic (exact) mass is 554 g/mol. The van der Waals surface area contributed by atoms with Crippen molar-refractivity contribution in [3.05, 3.63) is 98.8 Å². The fourth-order valence-electron chi connectivity index (χ4n) is 2.81. The standard InChI is InChI=1S/C25H23IN4O3/c1-30(2)20-11-8-17(9-12-20)15-22(28-24(32)19-6-4-3-5-7-19)25(33)29-27-16-18-10-13-23(31)21(26)14-18/h3-16,31H,1-2H3,(H,28,32)(H,29,33)/b22-15?,27-16+. The van der Waals surface area contributed by atoms with Gasteiger partial charge in [-0.25, -0.2) is 5.43 Å². The largest absolute Gasteiger partial charge is 0.507 e. The molecule has 3 aromatic carbocycles. The maximum Gasteiger partial charge on any atom is 0.287 e. The van der Waals surface area contributed by atoms with E-state index in [0.717, 1.165) is 11.3 Å². The molecule has 0 aliphatic heterocycles. The third kappa shape index (κ3) is 6.91. The minimum Gasteiger partial charge on any atom is -0.507 e. The van der Waals surface area contributed by atoms with Gasteiger partial charge in [0, 0.05) is 25.3 Å². The summed E-state index contributed by atoms with van der Waals surface area (Å²) in [6, 6.07) is 21.2. The zero-order chi connectivity index (χ0) is 23.8. The Bertz CT molecular complexity index is 1190. The molecule has 0 aromatic heterocycles. The van der Waals surface area contributed by atoms with Crippen molar-refractivity contribution in [1.82, 2.24) is 10.7 Å². The molecule has 0 saturated carbocycles. The highest BCUT2D eigenvalue weighted by Gasteiger charge is 2.14. The lowest BCUT2D eigenvalue weighted by molar-refractivity contribution is -0.117. The number of benzene rings is 3. The van der Waals surface area contributed by atoms with Crippen molar-refractivity contribution in [2.75, 3.05) is 19.0 Å². The van der Waals surface area contributed by atoms with E-state index in [0.29, 0.717) is 14.7 Å². The number of nitrogens with zero attached hydrogens (tertiary/aromatic N) is 2. The summed E-state index contributed by atoms with van der Waals surface area (Å²) in [5.74, 6) is -0.800. The number of carbonyl (C=O) groups is 2. The molecule has 0 heterocycles. The highest BCUT2D eigenvalue weighted by molar-refractivity contribution is 14.1. The molecule has 0 fully saturated rings. The second-order valence-corrected chi connectivity index (χ2v) is 8.44. The molecule has 8 heteroatoms. The van der Waals surface area contributed by atoms with Crippen LogP contribution < -0.4 is 15.6 Å². The molecular weight excluding hydrogens is 531 g/mol. The summed E-state index contributed by atoms with van der Waals surface area (Å²) in [7, 11) is 3.88. The second-order valence-electron chi connectivity index (χ2n) is 7.27. The number of phenols is 1. The van der Waals surface area contributed by atoms with Gasteiger partial charge >= 0.3 is 0 Å². The number of hydrogen-bond donors (Lipinski definition) is 3. The Balaban J connectivity index is 1.81. The first-order valence-corrected chi connectivity index (χ1v) is 11.1. The van der Waals surface area contributed by atoms with Crippen LogP contribution in [0.15, 0.2) is 83.6 Å². The van der Waals surface area contributed by atoms with Crippen molar-refractivity contribution in [1.29, 1.82) is 0 Å². The van der Waals surface area contributed by atoms with Gasteiger partial charge in [-0.15, -0.1) is 0 Å². The van der Waals surface area contributed by atoms with Crippen molar-refractivity contribution >= 4 is 52.4 Å². The summed E-state index contributed by atoms with van der Waals surface area (Å²) in [4.78, 5) is 27.5. The topological polar surface area (TPSA) is 94.0 Å². The van der Waals surface area contributed by atoms with Gasteiger partial charge in [-0.05, 0) is 82.3 Å². The Labute approximate surface area is 206 Å². The molecule has 0 saturated heterocycles. The van der Waals surface area contributed by atoms with Crippen molar-refractivity contribution < 1.29 is 14.7 Å². The van der Waals surface area contributed by atoms with Crippen LogP contribution in [0.2, 0.25) is 0 Å². The summed E-state index contributed by atoms with van der Waals surface area (Å²) in [6.45, 7) is 0. The van der Waals surface area contributed by atoms with Gasteiger partial charge in [-0.3, -0.25) is 9.59 Å². The van der Waals surface area contributed by atoms with Crippen LogP contribution in [0.4, 0.5) is 5.69 Å². The summed E-state index contributed by atoms with van der Waals surface area (Å²) in [5, 5.41) is 16.3. The van der Waals surface area contributed by atoms with Gasteiger partial charge < -0.3 is 15.3 Å². The lowest BCUT2D eigenvalue weighted by Gasteiger charge is -2.12. The van der Waals surface area contributed by atoms with Crippen LogP contribution >= 0.6 is 22.6 Å². The van der Waals surface area contributed by atoms with Crippen LogP contribution in [0.3, 0.4) is 0 Å². The molecular formula is C25H23IN4O3. The molecule has 3 rings (SSSR count). The first kappa shape index (κ1) is 24.0. The smallest absolute Gasteiger partial charge is 0.287 e. The van der Waals surface area contributed by atoms with E-state index in [4.69, 9.17) is 0 Å². The highest BCUT2D eigenvalue weighted by Crippen LogP contribution is 2.19. The molecule has 0 aliphatic rings. The number of anilines is 1. The van der Waals surface area contributed by atoms with Crippen LogP contribution in [-0.2, 0) is 4.79 Å². The average Bonchev–Trinajstić information content (AvgIpc) is 2.81. The van der Waals surface area contributed by atoms with Gasteiger partial charge in [0.05, 0.1) is 9.78 Å². The van der Waals surface area contributed by atoms with Crippen LogP contribution in [0, 0.1) is 3.57 Å². The molecule has 0 unspecified atom stereocenters. The molecule has 168 valence electrons. The first-order valence-electron chi connectivity index (χ1n) is 10.0. The van der Waals surface area contributed by atoms with Crippen LogP contribution in [-0.4, -0.2) is 37.2 Å². The Morgan fingerprint density at radius 3 is 2.27 bits per heavy atom. The maximum atomic E-state index is 12.8. The number of nitrogens with one attached hydrogen (secondary N) is 2. The van der Waals surface area contributed by atoms with Crippen molar-refractivity contribution in [3.8, 4) is 5.75 Å². The van der Waals surface area contributed by atoms with E-state index in [1.165, 1.54) is 6.21 Å². The average molecular weight is 554 g/mol. The molecule has 33 heavy (non-hydrogen) atoms. The van der Waals surface area contributed by atoms with Crippen LogP contribution in [0.25, 0.3) is 6.08 Å². The molecule has 0 bridgehead atoms. The van der Waals surface area contributed by atoms with E-state index < -0.39 is 11.8 Å². The third-order valence-corrected chi connectivity index (χ3v) is 5.46. The predicted octanol–water partition coefficient (Wildman–Crippen LogP) is 3.98. The number of carbonyl (C=O) groups excluding carboxylic acids is 2. The molecule has 3 N–H and O–H groups in total. The quantitative estimate of drug-likeness (QED) is 0.178. The Morgan fingerprint density at radius 2 is 1.64 bits per heavy atom. The Hall–Kier alpha value is -3.66. The summed E-state index contributed by atoms with van der Waals surface area (Å²) in [5.41, 5.74) is 5.40. The number of amides is 2. The van der Waals surface area contributed by atoms with Gasteiger partial charge in [0.25, 0.3) is 11.8 Å². The van der Waals surface area contributed by atoms with E-state index in [1.807, 2.05) is 71.9 Å². The predicted molar refractivity (Wildman–Crippen MR) is 139 cm³/mol. The first-order chi connectivity index (χ1) is 15.8. The molecule has 0 aliphatic carbocycles. The Kier molecular flexibility index (Phi) is 8.20. The van der Waals surface area contributed by atoms with Crippen molar-refractivity contribution in [2.24, 2.45) is 5.10 Å². The highest BCUT2D eigenvalue weighted by atomic mass is 127. The van der Waals surface area contributed by atoms with Crippen molar-refractivity contribution in [2.45, 2.75) is 0 Å². The van der Waals surface area contributed by atoms with Crippen LogP contribution in [0.5, 0.6) is 5.75 Å².